The number of para-hydroxylation sites is 1. The highest BCUT2D eigenvalue weighted by molar-refractivity contribution is 5.83. The molecule has 1 N–H and O–H groups in total. The van der Waals surface area contributed by atoms with Gasteiger partial charge >= 0.3 is 0 Å². The molecular weight excluding hydrogens is 250 g/mol. The van der Waals surface area contributed by atoms with Crippen molar-refractivity contribution in [3.8, 4) is 5.75 Å². The number of fused-ring (bicyclic) bond motifs is 1. The maximum absolute atomic E-state index is 5.92. The summed E-state index contributed by atoms with van der Waals surface area (Å²) in [6.07, 6.45) is 5.50. The summed E-state index contributed by atoms with van der Waals surface area (Å²) >= 11 is 0. The second kappa shape index (κ2) is 5.88. The fraction of sp³-hybridized carbons (Fsp3) is 0.529. The standard InChI is InChI=1S/C17H23NO2/c1-12(13-6-3-4-7-13)18-11-15-10-14-8-5-9-16(19-2)17(14)20-15/h5,8-10,12-13,18H,3-4,6-7,11H2,1-2H3. The van der Waals surface area contributed by atoms with E-state index in [4.69, 9.17) is 9.15 Å². The molecule has 2 aromatic rings. The molecule has 1 aromatic carbocycles. The molecule has 0 radical (unpaired) electrons. The van der Waals surface area contributed by atoms with Crippen LogP contribution in [-0.2, 0) is 6.54 Å². The van der Waals surface area contributed by atoms with Crippen LogP contribution < -0.4 is 10.1 Å². The quantitative estimate of drug-likeness (QED) is 0.890. The fourth-order valence-electron chi connectivity index (χ4n) is 3.22. The molecule has 108 valence electrons. The first-order valence-electron chi connectivity index (χ1n) is 7.56. The minimum Gasteiger partial charge on any atom is -0.493 e. The molecule has 3 rings (SSSR count). The number of nitrogens with one attached hydrogen (secondary N) is 1. The lowest BCUT2D eigenvalue weighted by Gasteiger charge is -2.19. The molecule has 1 fully saturated rings. The molecule has 20 heavy (non-hydrogen) atoms. The van der Waals surface area contributed by atoms with E-state index >= 15 is 0 Å². The summed E-state index contributed by atoms with van der Waals surface area (Å²) in [5.41, 5.74) is 0.848. The van der Waals surface area contributed by atoms with Gasteiger partial charge in [-0.25, -0.2) is 0 Å². The predicted octanol–water partition coefficient (Wildman–Crippen LogP) is 4.11. The van der Waals surface area contributed by atoms with Crippen LogP contribution in [0.3, 0.4) is 0 Å². The third-order valence-corrected chi connectivity index (χ3v) is 4.48. The van der Waals surface area contributed by atoms with Crippen molar-refractivity contribution in [1.82, 2.24) is 5.32 Å². The molecule has 1 heterocycles. The van der Waals surface area contributed by atoms with Crippen LogP contribution >= 0.6 is 0 Å². The summed E-state index contributed by atoms with van der Waals surface area (Å²) < 4.78 is 11.2. The topological polar surface area (TPSA) is 34.4 Å². The minimum atomic E-state index is 0.563. The van der Waals surface area contributed by atoms with E-state index in [-0.39, 0.29) is 0 Å². The van der Waals surface area contributed by atoms with Crippen LogP contribution in [0.15, 0.2) is 28.7 Å². The SMILES string of the molecule is COc1cccc2cc(CNC(C)C3CCCC3)oc12. The van der Waals surface area contributed by atoms with Gasteiger partial charge < -0.3 is 14.5 Å². The maximum Gasteiger partial charge on any atom is 0.176 e. The number of rotatable bonds is 5. The van der Waals surface area contributed by atoms with Gasteiger partial charge in [-0.1, -0.05) is 25.0 Å². The molecule has 1 atom stereocenters. The van der Waals surface area contributed by atoms with E-state index in [9.17, 15) is 0 Å². The largest absolute Gasteiger partial charge is 0.493 e. The van der Waals surface area contributed by atoms with Gasteiger partial charge in [0.05, 0.1) is 13.7 Å². The van der Waals surface area contributed by atoms with Crippen molar-refractivity contribution >= 4 is 11.0 Å². The number of hydrogen-bond acceptors (Lipinski definition) is 3. The Morgan fingerprint density at radius 2 is 2.15 bits per heavy atom. The van der Waals surface area contributed by atoms with Crippen LogP contribution in [0, 0.1) is 5.92 Å². The molecular formula is C17H23NO2. The van der Waals surface area contributed by atoms with Crippen LogP contribution in [-0.4, -0.2) is 13.2 Å². The average molecular weight is 273 g/mol. The van der Waals surface area contributed by atoms with Crippen molar-refractivity contribution in [2.45, 2.75) is 45.2 Å². The van der Waals surface area contributed by atoms with E-state index < -0.39 is 0 Å². The second-order valence-electron chi connectivity index (χ2n) is 5.81. The molecule has 1 aliphatic carbocycles. The Bertz CT molecular complexity index is 569. The van der Waals surface area contributed by atoms with E-state index in [1.807, 2.05) is 12.1 Å². The minimum absolute atomic E-state index is 0.563. The van der Waals surface area contributed by atoms with Crippen molar-refractivity contribution in [3.05, 3.63) is 30.0 Å². The first kappa shape index (κ1) is 13.5. The number of hydrogen-bond donors (Lipinski definition) is 1. The molecule has 3 nitrogen and oxygen atoms in total. The summed E-state index contributed by atoms with van der Waals surface area (Å²) in [5, 5.41) is 4.71. The van der Waals surface area contributed by atoms with E-state index in [0.29, 0.717) is 6.04 Å². The Morgan fingerprint density at radius 3 is 2.90 bits per heavy atom. The molecule has 1 aromatic heterocycles. The Hall–Kier alpha value is -1.48. The van der Waals surface area contributed by atoms with Crippen molar-refractivity contribution in [1.29, 1.82) is 0 Å². The monoisotopic (exact) mass is 273 g/mol. The summed E-state index contributed by atoms with van der Waals surface area (Å²) in [6.45, 7) is 3.08. The average Bonchev–Trinajstić information content (AvgIpc) is 3.12. The molecule has 3 heteroatoms. The smallest absolute Gasteiger partial charge is 0.176 e. The van der Waals surface area contributed by atoms with Gasteiger partial charge in [0.2, 0.25) is 0 Å². The second-order valence-corrected chi connectivity index (χ2v) is 5.81. The lowest BCUT2D eigenvalue weighted by molar-refractivity contribution is 0.363. The molecule has 0 spiro atoms. The Labute approximate surface area is 120 Å². The normalized spacial score (nSPS) is 17.7. The summed E-state index contributed by atoms with van der Waals surface area (Å²) in [6, 6.07) is 8.66. The van der Waals surface area contributed by atoms with Gasteiger partial charge in [0, 0.05) is 11.4 Å². The van der Waals surface area contributed by atoms with Crippen molar-refractivity contribution in [2.75, 3.05) is 7.11 Å². The first-order valence-corrected chi connectivity index (χ1v) is 7.56. The van der Waals surface area contributed by atoms with E-state index in [2.05, 4.69) is 24.4 Å². The molecule has 0 amide bonds. The molecule has 0 aliphatic heterocycles. The zero-order valence-corrected chi connectivity index (χ0v) is 12.3. The Kier molecular flexibility index (Phi) is 3.97. The van der Waals surface area contributed by atoms with Gasteiger partial charge in [0.1, 0.15) is 5.76 Å². The van der Waals surface area contributed by atoms with Gasteiger partial charge in [-0.2, -0.15) is 0 Å². The molecule has 1 saturated carbocycles. The summed E-state index contributed by atoms with van der Waals surface area (Å²) in [4.78, 5) is 0. The van der Waals surface area contributed by atoms with Crippen LogP contribution in [0.2, 0.25) is 0 Å². The summed E-state index contributed by atoms with van der Waals surface area (Å²) in [5.74, 6) is 2.61. The third-order valence-electron chi connectivity index (χ3n) is 4.48. The molecule has 0 bridgehead atoms. The molecule has 1 unspecified atom stereocenters. The fourth-order valence-corrected chi connectivity index (χ4v) is 3.22. The highest BCUT2D eigenvalue weighted by Crippen LogP contribution is 2.30. The van der Waals surface area contributed by atoms with Crippen LogP contribution in [0.5, 0.6) is 5.75 Å². The highest BCUT2D eigenvalue weighted by Gasteiger charge is 2.21. The predicted molar refractivity (Wildman–Crippen MR) is 81.0 cm³/mol. The maximum atomic E-state index is 5.92. The van der Waals surface area contributed by atoms with Crippen LogP contribution in [0.25, 0.3) is 11.0 Å². The number of furan rings is 1. The van der Waals surface area contributed by atoms with E-state index in [1.54, 1.807) is 7.11 Å². The highest BCUT2D eigenvalue weighted by atomic mass is 16.5. The number of benzene rings is 1. The van der Waals surface area contributed by atoms with Gasteiger partial charge in [0.15, 0.2) is 11.3 Å². The zero-order valence-electron chi connectivity index (χ0n) is 12.3. The van der Waals surface area contributed by atoms with Gasteiger partial charge in [-0.3, -0.25) is 0 Å². The Balaban J connectivity index is 1.68. The van der Waals surface area contributed by atoms with Gasteiger partial charge in [0.25, 0.3) is 0 Å². The number of ether oxygens (including phenoxy) is 1. The molecule has 1 aliphatic rings. The number of methoxy groups -OCH3 is 1. The lowest BCUT2D eigenvalue weighted by atomic mass is 10.00. The zero-order chi connectivity index (χ0) is 13.9. The van der Waals surface area contributed by atoms with Crippen molar-refractivity contribution < 1.29 is 9.15 Å². The van der Waals surface area contributed by atoms with Gasteiger partial charge in [-0.15, -0.1) is 0 Å². The van der Waals surface area contributed by atoms with E-state index in [1.165, 1.54) is 25.7 Å². The Morgan fingerprint density at radius 1 is 1.35 bits per heavy atom. The van der Waals surface area contributed by atoms with Crippen molar-refractivity contribution in [3.63, 3.8) is 0 Å². The lowest BCUT2D eigenvalue weighted by Crippen LogP contribution is -2.31. The van der Waals surface area contributed by atoms with Crippen LogP contribution in [0.4, 0.5) is 0 Å². The summed E-state index contributed by atoms with van der Waals surface area (Å²) in [7, 11) is 1.68. The van der Waals surface area contributed by atoms with Crippen LogP contribution in [0.1, 0.15) is 38.4 Å². The van der Waals surface area contributed by atoms with Gasteiger partial charge in [-0.05, 0) is 37.8 Å². The third kappa shape index (κ3) is 2.68. The first-order chi connectivity index (χ1) is 9.78. The van der Waals surface area contributed by atoms with E-state index in [0.717, 1.165) is 34.9 Å². The molecule has 0 saturated heterocycles. The van der Waals surface area contributed by atoms with Crippen molar-refractivity contribution in [2.24, 2.45) is 5.92 Å².